The van der Waals surface area contributed by atoms with Gasteiger partial charge in [0.15, 0.2) is 0 Å². The molecule has 0 aromatic heterocycles. The molecule has 1 atom stereocenters. The van der Waals surface area contributed by atoms with Crippen molar-refractivity contribution >= 4 is 23.6 Å². The standard InChI is InChI=1S/C7H11NO3S/c1-2-11-6(9)3-8-7(10)5-4-12-5/h5H,2-4H2,1H3,(H,8,10)/t5-/m1/s1. The molecule has 1 saturated heterocycles. The van der Waals surface area contributed by atoms with Gasteiger partial charge in [-0.05, 0) is 6.92 Å². The van der Waals surface area contributed by atoms with Crippen molar-refractivity contribution in [3.05, 3.63) is 0 Å². The maximum atomic E-state index is 11.0. The fraction of sp³-hybridized carbons (Fsp3) is 0.714. The number of rotatable bonds is 4. The Morgan fingerprint density at radius 3 is 2.83 bits per heavy atom. The summed E-state index contributed by atoms with van der Waals surface area (Å²) in [5.41, 5.74) is 0. The normalized spacial score (nSPS) is 19.9. The summed E-state index contributed by atoms with van der Waals surface area (Å²) in [4.78, 5) is 21.7. The van der Waals surface area contributed by atoms with E-state index in [1.54, 1.807) is 18.7 Å². The molecule has 0 aliphatic carbocycles. The molecule has 0 aromatic rings. The molecule has 4 nitrogen and oxygen atoms in total. The molecule has 0 bridgehead atoms. The molecular weight excluding hydrogens is 178 g/mol. The van der Waals surface area contributed by atoms with E-state index in [9.17, 15) is 9.59 Å². The summed E-state index contributed by atoms with van der Waals surface area (Å²) < 4.78 is 4.63. The van der Waals surface area contributed by atoms with E-state index in [1.165, 1.54) is 0 Å². The van der Waals surface area contributed by atoms with Crippen molar-refractivity contribution < 1.29 is 14.3 Å². The number of nitrogens with one attached hydrogen (secondary N) is 1. The summed E-state index contributed by atoms with van der Waals surface area (Å²) in [5, 5.41) is 2.56. The Morgan fingerprint density at radius 2 is 2.33 bits per heavy atom. The van der Waals surface area contributed by atoms with E-state index in [2.05, 4.69) is 10.1 Å². The maximum Gasteiger partial charge on any atom is 0.325 e. The fourth-order valence-corrected chi connectivity index (χ4v) is 1.17. The summed E-state index contributed by atoms with van der Waals surface area (Å²) in [5.74, 6) is 0.429. The number of hydrogen-bond donors (Lipinski definition) is 1. The predicted molar refractivity (Wildman–Crippen MR) is 45.9 cm³/mol. The first kappa shape index (κ1) is 9.38. The van der Waals surface area contributed by atoms with Crippen molar-refractivity contribution in [2.24, 2.45) is 0 Å². The summed E-state index contributed by atoms with van der Waals surface area (Å²) in [6, 6.07) is 0. The van der Waals surface area contributed by atoms with Gasteiger partial charge in [0.25, 0.3) is 0 Å². The molecule has 0 saturated carbocycles. The van der Waals surface area contributed by atoms with Gasteiger partial charge in [0.05, 0.1) is 11.9 Å². The molecule has 0 aromatic carbocycles. The first-order valence-electron chi connectivity index (χ1n) is 3.79. The van der Waals surface area contributed by atoms with E-state index in [0.717, 1.165) is 5.75 Å². The molecular formula is C7H11NO3S. The Kier molecular flexibility index (Phi) is 3.40. The fourth-order valence-electron chi connectivity index (χ4n) is 0.685. The summed E-state index contributed by atoms with van der Waals surface area (Å²) >= 11 is 1.58. The molecule has 0 unspecified atom stereocenters. The molecule has 1 amide bonds. The van der Waals surface area contributed by atoms with Crippen molar-refractivity contribution in [1.29, 1.82) is 0 Å². The van der Waals surface area contributed by atoms with Crippen LogP contribution < -0.4 is 5.32 Å². The van der Waals surface area contributed by atoms with Crippen LogP contribution in [0.1, 0.15) is 6.92 Å². The van der Waals surface area contributed by atoms with Crippen LogP contribution in [0.4, 0.5) is 0 Å². The minimum absolute atomic E-state index is 0.0102. The van der Waals surface area contributed by atoms with Crippen molar-refractivity contribution in [2.45, 2.75) is 12.2 Å². The van der Waals surface area contributed by atoms with Gasteiger partial charge in [-0.2, -0.15) is 0 Å². The monoisotopic (exact) mass is 189 g/mol. The Balaban J connectivity index is 2.07. The number of thioether (sulfide) groups is 1. The molecule has 0 radical (unpaired) electrons. The molecule has 1 rings (SSSR count). The molecule has 1 fully saturated rings. The summed E-state index contributed by atoms with van der Waals surface area (Å²) in [6.07, 6.45) is 0. The van der Waals surface area contributed by atoms with Gasteiger partial charge >= 0.3 is 5.97 Å². The lowest BCUT2D eigenvalue weighted by atomic mass is 10.4. The smallest absolute Gasteiger partial charge is 0.325 e. The zero-order valence-electron chi connectivity index (χ0n) is 6.83. The van der Waals surface area contributed by atoms with E-state index in [1.807, 2.05) is 0 Å². The third-order valence-corrected chi connectivity index (χ3v) is 2.22. The van der Waals surface area contributed by atoms with Crippen LogP contribution in [0.25, 0.3) is 0 Å². The maximum absolute atomic E-state index is 11.0. The van der Waals surface area contributed by atoms with Gasteiger partial charge in [-0.1, -0.05) is 0 Å². The number of carbonyl (C=O) groups is 2. The third kappa shape index (κ3) is 3.13. The molecule has 12 heavy (non-hydrogen) atoms. The van der Waals surface area contributed by atoms with Gasteiger partial charge in [0.2, 0.25) is 5.91 Å². The van der Waals surface area contributed by atoms with Crippen LogP contribution in [-0.4, -0.2) is 36.0 Å². The van der Waals surface area contributed by atoms with E-state index in [0.29, 0.717) is 6.61 Å². The van der Waals surface area contributed by atoms with Gasteiger partial charge in [-0.25, -0.2) is 0 Å². The van der Waals surface area contributed by atoms with Gasteiger partial charge in [0, 0.05) is 5.75 Å². The molecule has 1 N–H and O–H groups in total. The quantitative estimate of drug-likeness (QED) is 0.491. The lowest BCUT2D eigenvalue weighted by molar-refractivity contribution is -0.143. The summed E-state index contributed by atoms with van der Waals surface area (Å²) in [6.45, 7) is 2.08. The number of hydrogen-bond acceptors (Lipinski definition) is 4. The number of amides is 1. The van der Waals surface area contributed by atoms with E-state index < -0.39 is 0 Å². The van der Waals surface area contributed by atoms with Gasteiger partial charge in [-0.15, -0.1) is 11.8 Å². The molecule has 1 heterocycles. The Morgan fingerprint density at radius 1 is 1.67 bits per heavy atom. The van der Waals surface area contributed by atoms with E-state index >= 15 is 0 Å². The van der Waals surface area contributed by atoms with Crippen molar-refractivity contribution in [1.82, 2.24) is 5.32 Å². The minimum Gasteiger partial charge on any atom is -0.465 e. The second-order valence-electron chi connectivity index (χ2n) is 2.34. The minimum atomic E-state index is -0.378. The Labute approximate surface area is 75.0 Å². The first-order chi connectivity index (χ1) is 5.74. The molecule has 5 heteroatoms. The topological polar surface area (TPSA) is 55.4 Å². The SMILES string of the molecule is CCOC(=O)CNC(=O)[C@H]1CS1. The zero-order valence-corrected chi connectivity index (χ0v) is 7.65. The van der Waals surface area contributed by atoms with Crippen LogP contribution in [-0.2, 0) is 14.3 Å². The highest BCUT2D eigenvalue weighted by Crippen LogP contribution is 2.29. The Bertz CT molecular complexity index is 191. The van der Waals surface area contributed by atoms with Crippen molar-refractivity contribution in [3.8, 4) is 0 Å². The highest BCUT2D eigenvalue weighted by molar-refractivity contribution is 8.07. The van der Waals surface area contributed by atoms with Gasteiger partial charge in [0.1, 0.15) is 6.54 Å². The highest BCUT2D eigenvalue weighted by atomic mass is 32.2. The number of esters is 1. The lowest BCUT2D eigenvalue weighted by Crippen LogP contribution is -2.33. The largest absolute Gasteiger partial charge is 0.465 e. The second kappa shape index (κ2) is 4.35. The lowest BCUT2D eigenvalue weighted by Gasteiger charge is -2.02. The second-order valence-corrected chi connectivity index (χ2v) is 3.58. The van der Waals surface area contributed by atoms with E-state index in [4.69, 9.17) is 0 Å². The van der Waals surface area contributed by atoms with Crippen LogP contribution in [0.5, 0.6) is 0 Å². The van der Waals surface area contributed by atoms with Crippen molar-refractivity contribution in [2.75, 3.05) is 18.9 Å². The molecule has 68 valence electrons. The average molecular weight is 189 g/mol. The summed E-state index contributed by atoms with van der Waals surface area (Å²) in [7, 11) is 0. The number of ether oxygens (including phenoxy) is 1. The highest BCUT2D eigenvalue weighted by Gasteiger charge is 2.30. The van der Waals surface area contributed by atoms with Gasteiger partial charge < -0.3 is 10.1 Å². The Hall–Kier alpha value is -0.710. The first-order valence-corrected chi connectivity index (χ1v) is 4.84. The van der Waals surface area contributed by atoms with Crippen LogP contribution in [0.3, 0.4) is 0 Å². The molecule has 1 aliphatic rings. The van der Waals surface area contributed by atoms with E-state index in [-0.39, 0.29) is 23.7 Å². The van der Waals surface area contributed by atoms with Crippen LogP contribution in [0.2, 0.25) is 0 Å². The molecule has 1 aliphatic heterocycles. The van der Waals surface area contributed by atoms with Gasteiger partial charge in [-0.3, -0.25) is 9.59 Å². The third-order valence-electron chi connectivity index (χ3n) is 1.34. The number of carbonyl (C=O) groups excluding carboxylic acids is 2. The van der Waals surface area contributed by atoms with Crippen LogP contribution in [0.15, 0.2) is 0 Å². The van der Waals surface area contributed by atoms with Crippen molar-refractivity contribution in [3.63, 3.8) is 0 Å². The molecule has 0 spiro atoms. The predicted octanol–water partition coefficient (Wildman–Crippen LogP) is -0.219. The zero-order chi connectivity index (χ0) is 8.97. The average Bonchev–Trinajstić information content (AvgIpc) is 2.83. The van der Waals surface area contributed by atoms with Crippen LogP contribution >= 0.6 is 11.8 Å². The van der Waals surface area contributed by atoms with Crippen LogP contribution in [0, 0.1) is 0 Å².